The van der Waals surface area contributed by atoms with E-state index >= 15 is 0 Å². The van der Waals surface area contributed by atoms with Crippen molar-refractivity contribution < 1.29 is 14.8 Å². The smallest absolute Gasteiger partial charge is 0.280 e. The van der Waals surface area contributed by atoms with E-state index in [1.807, 2.05) is 39.8 Å². The highest BCUT2D eigenvalue weighted by atomic mass is 16.6. The molecule has 26 heavy (non-hydrogen) atoms. The van der Waals surface area contributed by atoms with Gasteiger partial charge in [0.05, 0.1) is 23.7 Å². The highest BCUT2D eigenvalue weighted by molar-refractivity contribution is 5.83. The summed E-state index contributed by atoms with van der Waals surface area (Å²) in [6, 6.07) is 8.66. The van der Waals surface area contributed by atoms with E-state index in [0.29, 0.717) is 16.9 Å². The minimum Gasteiger partial charge on any atom is -0.496 e. The zero-order chi connectivity index (χ0) is 19.2. The lowest BCUT2D eigenvalue weighted by atomic mass is 9.77. The van der Waals surface area contributed by atoms with Crippen LogP contribution in [0, 0.1) is 17.0 Å². The number of methoxy groups -OCH3 is 1. The number of hydrogen-bond acceptors (Lipinski definition) is 5. The van der Waals surface area contributed by atoms with Gasteiger partial charge in [-0.25, -0.2) is 0 Å². The Morgan fingerprint density at radius 3 is 2.62 bits per heavy atom. The Labute approximate surface area is 153 Å². The zero-order valence-corrected chi connectivity index (χ0v) is 15.7. The number of ether oxygens (including phenoxy) is 1. The molecular weight excluding hydrogens is 332 g/mol. The molecule has 1 heterocycles. The van der Waals surface area contributed by atoms with E-state index in [2.05, 4.69) is 5.32 Å². The summed E-state index contributed by atoms with van der Waals surface area (Å²) in [5.74, 6) is 0.351. The van der Waals surface area contributed by atoms with E-state index in [4.69, 9.17) is 4.74 Å². The number of nitro groups is 1. The summed E-state index contributed by atoms with van der Waals surface area (Å²) in [4.78, 5) is 11.1. The molecule has 0 spiro atoms. The van der Waals surface area contributed by atoms with E-state index < -0.39 is 16.6 Å². The number of benzene rings is 2. The van der Waals surface area contributed by atoms with Crippen molar-refractivity contribution in [1.82, 2.24) is 0 Å². The largest absolute Gasteiger partial charge is 0.496 e. The summed E-state index contributed by atoms with van der Waals surface area (Å²) in [6.07, 6.45) is -0.572. The number of aryl methyl sites for hydroxylation is 1. The first kappa shape index (κ1) is 18.2. The monoisotopic (exact) mass is 356 g/mol. The second kappa shape index (κ2) is 6.29. The molecule has 0 saturated carbocycles. The Balaban J connectivity index is 2.26. The van der Waals surface area contributed by atoms with E-state index in [1.165, 1.54) is 13.2 Å². The Morgan fingerprint density at radius 1 is 1.31 bits per heavy atom. The van der Waals surface area contributed by atoms with Crippen LogP contribution in [0.15, 0.2) is 30.3 Å². The predicted octanol–water partition coefficient (Wildman–Crippen LogP) is 4.25. The minimum atomic E-state index is -0.572. The molecule has 138 valence electrons. The molecule has 0 aromatic heterocycles. The fourth-order valence-corrected chi connectivity index (χ4v) is 3.81. The summed E-state index contributed by atoms with van der Waals surface area (Å²) >= 11 is 0. The van der Waals surface area contributed by atoms with Crippen LogP contribution in [0.25, 0.3) is 11.1 Å². The van der Waals surface area contributed by atoms with Gasteiger partial charge in [-0.15, -0.1) is 0 Å². The van der Waals surface area contributed by atoms with Crippen molar-refractivity contribution in [1.29, 1.82) is 0 Å². The second-order valence-corrected chi connectivity index (χ2v) is 7.45. The van der Waals surface area contributed by atoms with Gasteiger partial charge in [0.25, 0.3) is 5.69 Å². The van der Waals surface area contributed by atoms with Gasteiger partial charge in [0.1, 0.15) is 11.3 Å². The van der Waals surface area contributed by atoms with Gasteiger partial charge in [0, 0.05) is 17.7 Å². The van der Waals surface area contributed by atoms with Crippen molar-refractivity contribution in [2.24, 2.45) is 0 Å². The Kier molecular flexibility index (Phi) is 4.40. The van der Waals surface area contributed by atoms with Crippen LogP contribution in [0.3, 0.4) is 0 Å². The number of fused-ring (bicyclic) bond motifs is 1. The van der Waals surface area contributed by atoms with Crippen molar-refractivity contribution in [2.75, 3.05) is 12.4 Å². The second-order valence-electron chi connectivity index (χ2n) is 7.45. The molecule has 0 aliphatic carbocycles. The fraction of sp³-hybridized carbons (Fsp3) is 0.400. The van der Waals surface area contributed by atoms with Crippen LogP contribution in [-0.4, -0.2) is 28.8 Å². The zero-order valence-electron chi connectivity index (χ0n) is 15.7. The van der Waals surface area contributed by atoms with Crippen LogP contribution < -0.4 is 10.1 Å². The van der Waals surface area contributed by atoms with Crippen LogP contribution in [0.5, 0.6) is 5.75 Å². The van der Waals surface area contributed by atoms with E-state index in [0.717, 1.165) is 16.8 Å². The number of aliphatic hydroxyl groups excluding tert-OH is 1. The van der Waals surface area contributed by atoms with Crippen LogP contribution in [0.2, 0.25) is 0 Å². The highest BCUT2D eigenvalue weighted by Crippen LogP contribution is 2.45. The third-order valence-electron chi connectivity index (χ3n) is 5.23. The van der Waals surface area contributed by atoms with Crippen LogP contribution in [0.4, 0.5) is 11.4 Å². The lowest BCUT2D eigenvalue weighted by Gasteiger charge is -2.43. The number of nitro benzene ring substituents is 1. The lowest BCUT2D eigenvalue weighted by molar-refractivity contribution is -0.384. The molecule has 0 saturated heterocycles. The van der Waals surface area contributed by atoms with Gasteiger partial charge in [-0.3, -0.25) is 10.1 Å². The standard InChI is InChI=1S/C20H24N2O4/c1-11-9-13(17-15(22(24)25)7-6-8-16(17)26-5)10-14-12(2)19(23)20(3,4)21-18(11)14/h6-10,12,19,21,23H,1-5H3/t12-,19+/m0/s1. The van der Waals surface area contributed by atoms with Crippen LogP contribution in [0.1, 0.15) is 37.8 Å². The number of aliphatic hydroxyl groups is 1. The molecule has 2 aromatic carbocycles. The first-order valence-corrected chi connectivity index (χ1v) is 8.60. The average molecular weight is 356 g/mol. The van der Waals surface area contributed by atoms with Crippen molar-refractivity contribution in [3.8, 4) is 16.9 Å². The Bertz CT molecular complexity index is 876. The summed E-state index contributed by atoms with van der Waals surface area (Å²) in [6.45, 7) is 7.88. The van der Waals surface area contributed by atoms with E-state index in [-0.39, 0.29) is 11.6 Å². The summed E-state index contributed by atoms with van der Waals surface area (Å²) < 4.78 is 5.39. The molecule has 0 bridgehead atoms. The maximum Gasteiger partial charge on any atom is 0.280 e. The molecule has 1 aliphatic rings. The van der Waals surface area contributed by atoms with Gasteiger partial charge in [0.15, 0.2) is 0 Å². The molecule has 0 unspecified atom stereocenters. The molecule has 2 N–H and O–H groups in total. The van der Waals surface area contributed by atoms with Crippen molar-refractivity contribution >= 4 is 11.4 Å². The van der Waals surface area contributed by atoms with Gasteiger partial charge >= 0.3 is 0 Å². The first-order valence-electron chi connectivity index (χ1n) is 8.60. The quantitative estimate of drug-likeness (QED) is 0.634. The average Bonchev–Trinajstić information content (AvgIpc) is 2.59. The molecular formula is C20H24N2O4. The molecule has 0 amide bonds. The Morgan fingerprint density at radius 2 is 2.00 bits per heavy atom. The number of nitrogens with one attached hydrogen (secondary N) is 1. The summed E-state index contributed by atoms with van der Waals surface area (Å²) in [7, 11) is 1.50. The number of rotatable bonds is 3. The van der Waals surface area contributed by atoms with Crippen molar-refractivity contribution in [3.63, 3.8) is 0 Å². The number of nitrogens with zero attached hydrogens (tertiary/aromatic N) is 1. The molecule has 0 radical (unpaired) electrons. The molecule has 3 rings (SSSR count). The topological polar surface area (TPSA) is 84.6 Å². The van der Waals surface area contributed by atoms with Crippen molar-refractivity contribution in [2.45, 2.75) is 45.3 Å². The van der Waals surface area contributed by atoms with Gasteiger partial charge in [-0.2, -0.15) is 0 Å². The highest BCUT2D eigenvalue weighted by Gasteiger charge is 2.39. The van der Waals surface area contributed by atoms with Gasteiger partial charge in [0.2, 0.25) is 0 Å². The van der Waals surface area contributed by atoms with Crippen molar-refractivity contribution in [3.05, 3.63) is 51.6 Å². The predicted molar refractivity (Wildman–Crippen MR) is 102 cm³/mol. The lowest BCUT2D eigenvalue weighted by Crippen LogP contribution is -2.50. The minimum absolute atomic E-state index is 0.000926. The molecule has 6 nitrogen and oxygen atoms in total. The SMILES string of the molecule is COc1cccc([N+](=O)[O-])c1-c1cc(C)c2c(c1)[C@H](C)[C@@H](O)C(C)(C)N2. The molecule has 1 aliphatic heterocycles. The summed E-state index contributed by atoms with van der Waals surface area (Å²) in [5, 5.41) is 25.6. The van der Waals surface area contributed by atoms with Crippen LogP contribution in [-0.2, 0) is 0 Å². The number of hydrogen-bond donors (Lipinski definition) is 2. The molecule has 2 atom stereocenters. The Hall–Kier alpha value is -2.60. The third-order valence-corrected chi connectivity index (χ3v) is 5.23. The molecule has 0 fully saturated rings. The summed E-state index contributed by atoms with van der Waals surface area (Å²) in [5.41, 5.74) is 3.63. The maximum absolute atomic E-state index is 11.5. The molecule has 2 aromatic rings. The maximum atomic E-state index is 11.5. The van der Waals surface area contributed by atoms with Crippen LogP contribution >= 0.6 is 0 Å². The van der Waals surface area contributed by atoms with Gasteiger partial charge in [-0.1, -0.05) is 13.0 Å². The first-order chi connectivity index (χ1) is 12.2. The van der Waals surface area contributed by atoms with Gasteiger partial charge in [-0.05, 0) is 55.7 Å². The number of anilines is 1. The third kappa shape index (κ3) is 2.80. The van der Waals surface area contributed by atoms with Gasteiger partial charge < -0.3 is 15.2 Å². The molecule has 6 heteroatoms. The normalized spacial score (nSPS) is 20.8. The van der Waals surface area contributed by atoms with E-state index in [1.54, 1.807) is 12.1 Å². The fourth-order valence-electron chi connectivity index (χ4n) is 3.81. The van der Waals surface area contributed by atoms with E-state index in [9.17, 15) is 15.2 Å².